The van der Waals surface area contributed by atoms with Gasteiger partial charge < -0.3 is 33.9 Å². The number of hydrogen-bond acceptors (Lipinski definition) is 8. The molecule has 1 heterocycles. The summed E-state index contributed by atoms with van der Waals surface area (Å²) in [6.07, 6.45) is -5.30. The van der Waals surface area contributed by atoms with Crippen LogP contribution in [0.25, 0.3) is 0 Å². The molecule has 4 rings (SSSR count). The van der Waals surface area contributed by atoms with E-state index in [4.69, 9.17) is 23.7 Å². The highest BCUT2D eigenvalue weighted by atomic mass is 16.7. The SMILES string of the molecule is CO[C@H]1O[C@H](C)[C@@](O)(C(=O)C[C@H](OCc2ccccc2)[C@H](OCc2ccccc2)[C@@H](C)OCc2ccccc2)C[C@H]1O. The van der Waals surface area contributed by atoms with Crippen molar-refractivity contribution >= 4 is 5.78 Å². The zero-order chi connectivity index (χ0) is 30.0. The summed E-state index contributed by atoms with van der Waals surface area (Å²) in [6.45, 7) is 4.36. The van der Waals surface area contributed by atoms with Gasteiger partial charge in [-0.05, 0) is 30.5 Å². The van der Waals surface area contributed by atoms with Crippen LogP contribution in [0.5, 0.6) is 0 Å². The predicted molar refractivity (Wildman–Crippen MR) is 157 cm³/mol. The largest absolute Gasteiger partial charge is 0.388 e. The average Bonchev–Trinajstić information content (AvgIpc) is 3.02. The second-order valence-electron chi connectivity index (χ2n) is 10.8. The van der Waals surface area contributed by atoms with E-state index < -0.39 is 48.2 Å². The van der Waals surface area contributed by atoms with Crippen LogP contribution in [0, 0.1) is 0 Å². The van der Waals surface area contributed by atoms with Crippen LogP contribution in [0.15, 0.2) is 91.0 Å². The quantitative estimate of drug-likeness (QED) is 0.270. The Labute approximate surface area is 248 Å². The lowest BCUT2D eigenvalue weighted by molar-refractivity contribution is -0.274. The van der Waals surface area contributed by atoms with Gasteiger partial charge in [0.2, 0.25) is 0 Å². The van der Waals surface area contributed by atoms with E-state index in [-0.39, 0.29) is 26.1 Å². The third kappa shape index (κ3) is 8.55. The molecule has 8 nitrogen and oxygen atoms in total. The van der Waals surface area contributed by atoms with E-state index in [0.29, 0.717) is 6.61 Å². The second kappa shape index (κ2) is 15.5. The van der Waals surface area contributed by atoms with Crippen molar-refractivity contribution in [3.05, 3.63) is 108 Å². The maximum Gasteiger partial charge on any atom is 0.183 e. The highest BCUT2D eigenvalue weighted by Gasteiger charge is 2.51. The lowest BCUT2D eigenvalue weighted by Crippen LogP contribution is -2.60. The van der Waals surface area contributed by atoms with E-state index in [1.54, 1.807) is 6.92 Å². The van der Waals surface area contributed by atoms with Crippen LogP contribution in [0.3, 0.4) is 0 Å². The molecule has 0 amide bonds. The van der Waals surface area contributed by atoms with Gasteiger partial charge in [0.25, 0.3) is 0 Å². The van der Waals surface area contributed by atoms with E-state index in [9.17, 15) is 15.0 Å². The number of ketones is 1. The number of rotatable bonds is 15. The molecule has 0 aliphatic carbocycles. The summed E-state index contributed by atoms with van der Waals surface area (Å²) in [5.41, 5.74) is 0.975. The fourth-order valence-corrected chi connectivity index (χ4v) is 5.15. The van der Waals surface area contributed by atoms with Gasteiger partial charge in [0.05, 0.1) is 38.1 Å². The molecule has 3 aromatic carbocycles. The van der Waals surface area contributed by atoms with E-state index in [1.807, 2.05) is 97.9 Å². The number of aliphatic hydroxyl groups excluding tert-OH is 1. The molecule has 0 saturated carbocycles. The monoisotopic (exact) mass is 578 g/mol. The minimum absolute atomic E-state index is 0.181. The molecule has 226 valence electrons. The van der Waals surface area contributed by atoms with Crippen molar-refractivity contribution in [2.24, 2.45) is 0 Å². The Balaban J connectivity index is 1.58. The molecule has 1 aliphatic heterocycles. The molecule has 42 heavy (non-hydrogen) atoms. The number of methoxy groups -OCH3 is 1. The van der Waals surface area contributed by atoms with Crippen LogP contribution < -0.4 is 0 Å². The fourth-order valence-electron chi connectivity index (χ4n) is 5.15. The molecule has 7 atom stereocenters. The molecule has 0 aromatic heterocycles. The summed E-state index contributed by atoms with van der Waals surface area (Å²) >= 11 is 0. The van der Waals surface area contributed by atoms with Gasteiger partial charge in [-0.2, -0.15) is 0 Å². The molecule has 8 heteroatoms. The summed E-state index contributed by atoms with van der Waals surface area (Å²) < 4.78 is 29.9. The zero-order valence-corrected chi connectivity index (χ0v) is 24.5. The van der Waals surface area contributed by atoms with Gasteiger partial charge in [-0.3, -0.25) is 4.79 Å². The van der Waals surface area contributed by atoms with Crippen molar-refractivity contribution in [2.75, 3.05) is 7.11 Å². The molecular formula is C34H42O8. The molecule has 3 aromatic rings. The van der Waals surface area contributed by atoms with Gasteiger partial charge in [0.1, 0.15) is 12.2 Å². The van der Waals surface area contributed by atoms with Crippen LogP contribution >= 0.6 is 0 Å². The molecule has 1 aliphatic rings. The first-order chi connectivity index (χ1) is 20.3. The average molecular weight is 579 g/mol. The Bertz CT molecular complexity index is 1210. The molecule has 0 spiro atoms. The van der Waals surface area contributed by atoms with Gasteiger partial charge in [0, 0.05) is 20.0 Å². The molecule has 0 bridgehead atoms. The molecule has 0 unspecified atom stereocenters. The highest BCUT2D eigenvalue weighted by Crippen LogP contribution is 2.33. The number of Topliss-reactive ketones (excluding diaryl/α,β-unsaturated/α-hetero) is 1. The second-order valence-corrected chi connectivity index (χ2v) is 10.8. The summed E-state index contributed by atoms with van der Waals surface area (Å²) in [5.74, 6) is -0.509. The maximum absolute atomic E-state index is 13.8. The third-order valence-corrected chi connectivity index (χ3v) is 7.72. The van der Waals surface area contributed by atoms with Crippen molar-refractivity contribution in [1.29, 1.82) is 0 Å². The van der Waals surface area contributed by atoms with Gasteiger partial charge in [-0.25, -0.2) is 0 Å². The Kier molecular flexibility index (Phi) is 11.8. The van der Waals surface area contributed by atoms with Gasteiger partial charge in [0.15, 0.2) is 17.7 Å². The smallest absolute Gasteiger partial charge is 0.183 e. The van der Waals surface area contributed by atoms with Crippen LogP contribution in [-0.2, 0) is 48.3 Å². The van der Waals surface area contributed by atoms with Crippen molar-refractivity contribution in [3.63, 3.8) is 0 Å². The van der Waals surface area contributed by atoms with Crippen LogP contribution in [-0.4, -0.2) is 65.5 Å². The third-order valence-electron chi connectivity index (χ3n) is 7.72. The summed E-state index contributed by atoms with van der Waals surface area (Å²) in [5, 5.41) is 22.0. The number of hydrogen-bond donors (Lipinski definition) is 2. The molecular weight excluding hydrogens is 536 g/mol. The Hall–Kier alpha value is -2.95. The first-order valence-electron chi connectivity index (χ1n) is 14.4. The predicted octanol–water partition coefficient (Wildman–Crippen LogP) is 4.60. The van der Waals surface area contributed by atoms with Gasteiger partial charge in [-0.15, -0.1) is 0 Å². The minimum Gasteiger partial charge on any atom is -0.388 e. The lowest BCUT2D eigenvalue weighted by Gasteiger charge is -2.43. The normalized spacial score (nSPS) is 24.5. The summed E-state index contributed by atoms with van der Waals surface area (Å²) in [6, 6.07) is 29.2. The van der Waals surface area contributed by atoms with Crippen molar-refractivity contribution in [1.82, 2.24) is 0 Å². The maximum atomic E-state index is 13.8. The van der Waals surface area contributed by atoms with Gasteiger partial charge in [-0.1, -0.05) is 91.0 Å². The van der Waals surface area contributed by atoms with Gasteiger partial charge >= 0.3 is 0 Å². The van der Waals surface area contributed by atoms with E-state index in [2.05, 4.69) is 0 Å². The van der Waals surface area contributed by atoms with Crippen molar-refractivity contribution in [3.8, 4) is 0 Å². The number of carbonyl (C=O) groups is 1. The van der Waals surface area contributed by atoms with Crippen LogP contribution in [0.2, 0.25) is 0 Å². The zero-order valence-electron chi connectivity index (χ0n) is 24.5. The molecule has 1 fully saturated rings. The standard InChI is InChI=1S/C34H42O8/c1-24(39-21-26-13-7-4-8-14-26)32(41-23-28-17-11-6-12-18-28)30(40-22-27-15-9-5-10-16-27)19-31(36)34(37)20-29(35)33(38-3)42-25(34)2/h4-18,24-25,29-30,32-33,35,37H,19-23H2,1-3H3/t24-,25-,29-,30+,32-,33+,34-/m1/s1. The lowest BCUT2D eigenvalue weighted by atomic mass is 9.81. The number of benzene rings is 3. The first-order valence-corrected chi connectivity index (χ1v) is 14.4. The Morgan fingerprint density at radius 1 is 0.857 bits per heavy atom. The summed E-state index contributed by atoms with van der Waals surface area (Å²) in [4.78, 5) is 13.8. The van der Waals surface area contributed by atoms with Crippen LogP contribution in [0.4, 0.5) is 0 Å². The number of aliphatic hydroxyl groups is 2. The van der Waals surface area contributed by atoms with Crippen molar-refractivity contribution in [2.45, 2.75) is 88.9 Å². The Morgan fingerprint density at radius 3 is 1.83 bits per heavy atom. The number of ether oxygens (including phenoxy) is 5. The number of carbonyl (C=O) groups excluding carboxylic acids is 1. The van der Waals surface area contributed by atoms with E-state index in [0.717, 1.165) is 16.7 Å². The van der Waals surface area contributed by atoms with E-state index in [1.165, 1.54) is 7.11 Å². The fraction of sp³-hybridized carbons (Fsp3) is 0.441. The van der Waals surface area contributed by atoms with Crippen LogP contribution in [0.1, 0.15) is 43.4 Å². The highest BCUT2D eigenvalue weighted by molar-refractivity contribution is 5.88. The molecule has 1 saturated heterocycles. The topological polar surface area (TPSA) is 104 Å². The molecule has 0 radical (unpaired) electrons. The minimum atomic E-state index is -1.93. The van der Waals surface area contributed by atoms with E-state index >= 15 is 0 Å². The summed E-state index contributed by atoms with van der Waals surface area (Å²) in [7, 11) is 1.41. The Morgan fingerprint density at radius 2 is 1.33 bits per heavy atom. The first kappa shape index (κ1) is 32.0. The molecule has 2 N–H and O–H groups in total. The van der Waals surface area contributed by atoms with Crippen molar-refractivity contribution < 1.29 is 38.7 Å².